The molecule has 1 heterocycles. The summed E-state index contributed by atoms with van der Waals surface area (Å²) in [5, 5.41) is 82.5. The number of rotatable bonds is 6. The number of ketones is 2. The van der Waals surface area contributed by atoms with E-state index in [1.807, 2.05) is 0 Å². The highest BCUT2D eigenvalue weighted by molar-refractivity contribution is 7.81. The van der Waals surface area contributed by atoms with E-state index in [9.17, 15) is 68.2 Å². The SMILES string of the molecule is O=C(O)Cn1c2c(c3c1=C(c1ccc(O)c(O)c1)C(=O)c1cc(O)c(OS(=O)(=O)O)cc1-3)-c1cc(O)c(O)cc1C(=O)C=2c1ccc(O)c(O)c1. The van der Waals surface area contributed by atoms with Crippen molar-refractivity contribution in [3.05, 3.63) is 93.6 Å². The molecule has 2 aliphatic carbocycles. The topological polar surface area (TPSA) is 282 Å². The second-order valence-electron chi connectivity index (χ2n) is 11.5. The van der Waals surface area contributed by atoms with Crippen molar-refractivity contribution in [2.24, 2.45) is 0 Å². The lowest BCUT2D eigenvalue weighted by Gasteiger charge is -2.22. The molecule has 0 spiro atoms. The molecule has 0 atom stereocenters. The van der Waals surface area contributed by atoms with Gasteiger partial charge in [0.15, 0.2) is 57.6 Å². The quantitative estimate of drug-likeness (QED) is 0.0895. The van der Waals surface area contributed by atoms with Crippen molar-refractivity contribution in [2.75, 3.05) is 0 Å². The van der Waals surface area contributed by atoms with Crippen LogP contribution in [0.25, 0.3) is 33.4 Å². The number of carbonyl (C=O) groups is 3. The van der Waals surface area contributed by atoms with Crippen LogP contribution in [0.3, 0.4) is 0 Å². The molecule has 0 amide bonds. The van der Waals surface area contributed by atoms with Crippen molar-refractivity contribution >= 4 is 39.1 Å². The molecule has 2 aliphatic rings. The van der Waals surface area contributed by atoms with Gasteiger partial charge in [0.25, 0.3) is 0 Å². The van der Waals surface area contributed by atoms with Gasteiger partial charge in [-0.2, -0.15) is 8.42 Å². The molecule has 51 heavy (non-hydrogen) atoms. The smallest absolute Gasteiger partial charge is 0.446 e. The Balaban J connectivity index is 1.82. The van der Waals surface area contributed by atoms with Crippen LogP contribution in [-0.4, -0.2) is 75.9 Å². The summed E-state index contributed by atoms with van der Waals surface area (Å²) < 4.78 is 38.5. The summed E-state index contributed by atoms with van der Waals surface area (Å²) in [5.74, 6) is -9.05. The number of aromatic nitrogens is 1. The Hall–Kier alpha value is -6.98. The summed E-state index contributed by atoms with van der Waals surface area (Å²) >= 11 is 0. The van der Waals surface area contributed by atoms with Crippen LogP contribution in [0.4, 0.5) is 0 Å². The van der Waals surface area contributed by atoms with Crippen LogP contribution in [0.2, 0.25) is 0 Å². The van der Waals surface area contributed by atoms with Gasteiger partial charge in [0.05, 0.1) is 21.8 Å². The highest BCUT2D eigenvalue weighted by Crippen LogP contribution is 2.46. The number of carboxylic acids is 1. The number of nitrogens with zero attached hydrogens (tertiary/aromatic N) is 1. The first kappa shape index (κ1) is 32.6. The molecule has 0 bridgehead atoms. The predicted molar refractivity (Wildman–Crippen MR) is 173 cm³/mol. The van der Waals surface area contributed by atoms with Crippen molar-refractivity contribution in [3.8, 4) is 68.2 Å². The number of phenolic OH excluding ortho intramolecular Hbond substituents is 7. The number of hydrogen-bond donors (Lipinski definition) is 9. The Bertz CT molecular complexity index is 2710. The molecule has 0 radical (unpaired) electrons. The highest BCUT2D eigenvalue weighted by atomic mass is 32.3. The molecular weight excluding hydrogens is 694 g/mol. The lowest BCUT2D eigenvalue weighted by Crippen LogP contribution is -2.38. The number of aromatic hydroxyl groups is 7. The van der Waals surface area contributed by atoms with E-state index < -0.39 is 80.5 Å². The number of aliphatic carboxylic acids is 1. The number of phenols is 7. The zero-order valence-electron chi connectivity index (χ0n) is 25.3. The van der Waals surface area contributed by atoms with Gasteiger partial charge in [-0.25, -0.2) is 0 Å². The number of benzene rings is 4. The van der Waals surface area contributed by atoms with E-state index in [1.54, 1.807) is 0 Å². The first-order valence-electron chi connectivity index (χ1n) is 14.4. The fourth-order valence-corrected chi connectivity index (χ4v) is 6.81. The molecule has 4 aromatic carbocycles. The maximum atomic E-state index is 14.4. The molecule has 0 fully saturated rings. The molecule has 1 aromatic heterocycles. The van der Waals surface area contributed by atoms with E-state index >= 15 is 0 Å². The minimum absolute atomic E-state index is 0.0727. The van der Waals surface area contributed by atoms with Gasteiger partial charge in [0, 0.05) is 22.3 Å². The van der Waals surface area contributed by atoms with Gasteiger partial charge >= 0.3 is 16.4 Å². The van der Waals surface area contributed by atoms with E-state index in [2.05, 4.69) is 4.18 Å². The molecule has 17 heteroatoms. The number of carboxylic acid groups (broad SMARTS) is 1. The molecule has 16 nitrogen and oxygen atoms in total. The Labute approximate surface area is 284 Å². The molecule has 9 N–H and O–H groups in total. The first-order valence-corrected chi connectivity index (χ1v) is 15.8. The van der Waals surface area contributed by atoms with Crippen LogP contribution >= 0.6 is 0 Å². The van der Waals surface area contributed by atoms with Crippen LogP contribution < -0.4 is 14.9 Å². The summed E-state index contributed by atoms with van der Waals surface area (Å²) in [5.41, 5.74) is -1.94. The first-order chi connectivity index (χ1) is 24.0. The summed E-state index contributed by atoms with van der Waals surface area (Å²) in [7, 11) is -5.26. The Morgan fingerprint density at radius 1 is 0.588 bits per heavy atom. The Kier molecular flexibility index (Phi) is 7.04. The van der Waals surface area contributed by atoms with Crippen LogP contribution in [0, 0.1) is 0 Å². The third kappa shape index (κ3) is 5.03. The van der Waals surface area contributed by atoms with Gasteiger partial charge < -0.3 is 49.6 Å². The molecular formula is C34H21NO15S. The number of carbonyl (C=O) groups excluding carboxylic acids is 2. The van der Waals surface area contributed by atoms with Crippen LogP contribution in [0.15, 0.2) is 60.7 Å². The molecule has 7 rings (SSSR count). The van der Waals surface area contributed by atoms with Crippen LogP contribution in [0.5, 0.6) is 46.0 Å². The van der Waals surface area contributed by atoms with Gasteiger partial charge in [-0.1, -0.05) is 12.1 Å². The molecule has 0 saturated heterocycles. The summed E-state index contributed by atoms with van der Waals surface area (Å²) in [4.78, 5) is 41.4. The fourth-order valence-electron chi connectivity index (χ4n) is 6.45. The number of fused-ring (bicyclic) bond motifs is 7. The second-order valence-corrected chi connectivity index (χ2v) is 12.5. The maximum Gasteiger partial charge on any atom is 0.446 e. The average Bonchev–Trinajstić information content (AvgIpc) is 3.35. The maximum absolute atomic E-state index is 14.4. The van der Waals surface area contributed by atoms with Gasteiger partial charge in [0.2, 0.25) is 0 Å². The van der Waals surface area contributed by atoms with Gasteiger partial charge in [-0.3, -0.25) is 18.9 Å². The zero-order chi connectivity index (χ0) is 36.8. The number of Topliss-reactive ketones (excluding diaryl/α,β-unsaturated/α-hetero) is 2. The Morgan fingerprint density at radius 2 is 1.00 bits per heavy atom. The predicted octanol–water partition coefficient (Wildman–Crippen LogP) is 1.82. The lowest BCUT2D eigenvalue weighted by atomic mass is 9.79. The van der Waals surface area contributed by atoms with Crippen molar-refractivity contribution in [2.45, 2.75) is 6.54 Å². The molecule has 0 unspecified atom stereocenters. The molecule has 0 saturated carbocycles. The van der Waals surface area contributed by atoms with E-state index in [0.717, 1.165) is 53.1 Å². The largest absolute Gasteiger partial charge is 0.504 e. The van der Waals surface area contributed by atoms with Crippen LogP contribution in [-0.2, 0) is 21.7 Å². The van der Waals surface area contributed by atoms with Crippen molar-refractivity contribution in [1.29, 1.82) is 0 Å². The zero-order valence-corrected chi connectivity index (χ0v) is 26.1. The minimum atomic E-state index is -5.26. The normalized spacial score (nSPS) is 13.4. The second kappa shape index (κ2) is 11.0. The minimum Gasteiger partial charge on any atom is -0.504 e. The highest BCUT2D eigenvalue weighted by Gasteiger charge is 2.39. The van der Waals surface area contributed by atoms with E-state index in [4.69, 9.17) is 0 Å². The molecule has 258 valence electrons. The van der Waals surface area contributed by atoms with E-state index in [1.165, 1.54) is 12.1 Å². The average molecular weight is 716 g/mol. The summed E-state index contributed by atoms with van der Waals surface area (Å²) in [6, 6.07) is 10.2. The van der Waals surface area contributed by atoms with Gasteiger partial charge in [-0.05, 0) is 70.8 Å². The fraction of sp³-hybridized carbons (Fsp3) is 0.0294. The summed E-state index contributed by atoms with van der Waals surface area (Å²) in [6.45, 7) is -0.972. The number of hydrogen-bond acceptors (Lipinski definition) is 13. The molecule has 0 aliphatic heterocycles. The monoisotopic (exact) mass is 715 g/mol. The van der Waals surface area contributed by atoms with Crippen molar-refractivity contribution < 1.29 is 72.4 Å². The van der Waals surface area contributed by atoms with Crippen LogP contribution in [0.1, 0.15) is 31.8 Å². The van der Waals surface area contributed by atoms with Gasteiger partial charge in [-0.15, -0.1) is 0 Å². The third-order valence-electron chi connectivity index (χ3n) is 8.45. The van der Waals surface area contributed by atoms with Gasteiger partial charge in [0.1, 0.15) is 6.54 Å². The molecule has 5 aromatic rings. The van der Waals surface area contributed by atoms with E-state index in [0.29, 0.717) is 0 Å². The van der Waals surface area contributed by atoms with E-state index in [-0.39, 0.29) is 66.4 Å². The standard InChI is InChI=1S/C34H21NO15S/c36-18-3-1-12(5-20(18)38)27-31-29(14-7-22(40)23(41)8-16(14)33(27)45)30-15-10-25(50-51(47,48)49)24(42)9-17(15)34(46)28(32(30)35(31)11-26(43)44)13-2-4-19(37)21(39)6-13/h1-10,36-42H,11H2,(H,43,44)(H,47,48,49). The van der Waals surface area contributed by atoms with Crippen molar-refractivity contribution in [1.82, 2.24) is 4.57 Å². The van der Waals surface area contributed by atoms with Crippen molar-refractivity contribution in [3.63, 3.8) is 0 Å². The summed E-state index contributed by atoms with van der Waals surface area (Å²) in [6.07, 6.45) is 0. The Morgan fingerprint density at radius 3 is 1.43 bits per heavy atom. The third-order valence-corrected chi connectivity index (χ3v) is 8.84. The lowest BCUT2D eigenvalue weighted by molar-refractivity contribution is -0.137.